The number of pyridine rings is 2. The zero-order chi connectivity index (χ0) is 15.2. The summed E-state index contributed by atoms with van der Waals surface area (Å²) in [6.45, 7) is 5.78. The van der Waals surface area contributed by atoms with E-state index < -0.39 is 0 Å². The van der Waals surface area contributed by atoms with Crippen molar-refractivity contribution >= 4 is 5.82 Å². The normalized spacial score (nSPS) is 10.7. The molecule has 2 aromatic heterocycles. The molecule has 2 heterocycles. The van der Waals surface area contributed by atoms with Crippen molar-refractivity contribution in [1.29, 1.82) is 0 Å². The lowest BCUT2D eigenvalue weighted by atomic mass is 10.2. The maximum Gasteiger partial charge on any atom is 0.170 e. The number of anilines is 1. The molecule has 1 N–H and O–H groups in total. The van der Waals surface area contributed by atoms with Crippen LogP contribution in [0.5, 0.6) is 0 Å². The molecule has 0 radical (unpaired) electrons. The van der Waals surface area contributed by atoms with Crippen molar-refractivity contribution in [3.8, 4) is 0 Å². The van der Waals surface area contributed by atoms with Crippen LogP contribution in [0.25, 0.3) is 0 Å². The standard InChI is InChI=1S/C16H21FN4/c1-4-18-10-13-8-9-19-16(15(13)17)21(3)11-14-7-5-6-12(2)20-14/h5-9,18H,4,10-11H2,1-3H3. The summed E-state index contributed by atoms with van der Waals surface area (Å²) in [4.78, 5) is 10.4. The Morgan fingerprint density at radius 2 is 2.10 bits per heavy atom. The maximum atomic E-state index is 14.5. The van der Waals surface area contributed by atoms with Gasteiger partial charge >= 0.3 is 0 Å². The molecule has 0 aliphatic heterocycles. The van der Waals surface area contributed by atoms with Crippen LogP contribution in [0.3, 0.4) is 0 Å². The summed E-state index contributed by atoms with van der Waals surface area (Å²) in [5.41, 5.74) is 2.48. The number of rotatable bonds is 6. The van der Waals surface area contributed by atoms with E-state index in [-0.39, 0.29) is 5.82 Å². The smallest absolute Gasteiger partial charge is 0.170 e. The summed E-state index contributed by atoms with van der Waals surface area (Å²) in [5.74, 6) is 0.0855. The summed E-state index contributed by atoms with van der Waals surface area (Å²) < 4.78 is 14.5. The number of nitrogens with one attached hydrogen (secondary N) is 1. The molecule has 112 valence electrons. The van der Waals surface area contributed by atoms with Gasteiger partial charge in [-0.3, -0.25) is 4.98 Å². The molecule has 0 fully saturated rings. The molecule has 2 aromatic rings. The van der Waals surface area contributed by atoms with Crippen LogP contribution in [0.4, 0.5) is 10.2 Å². The van der Waals surface area contributed by atoms with Gasteiger partial charge < -0.3 is 10.2 Å². The molecule has 0 amide bonds. The number of halogens is 1. The van der Waals surface area contributed by atoms with Gasteiger partial charge in [0, 0.05) is 31.0 Å². The molecule has 21 heavy (non-hydrogen) atoms. The highest BCUT2D eigenvalue weighted by Crippen LogP contribution is 2.19. The van der Waals surface area contributed by atoms with Crippen molar-refractivity contribution in [1.82, 2.24) is 15.3 Å². The van der Waals surface area contributed by atoms with E-state index in [0.29, 0.717) is 24.5 Å². The summed E-state index contributed by atoms with van der Waals surface area (Å²) in [6, 6.07) is 7.54. The van der Waals surface area contributed by atoms with Gasteiger partial charge in [0.15, 0.2) is 11.6 Å². The third-order valence-electron chi connectivity index (χ3n) is 3.22. The Labute approximate surface area is 125 Å². The Morgan fingerprint density at radius 3 is 2.81 bits per heavy atom. The van der Waals surface area contributed by atoms with Crippen molar-refractivity contribution < 1.29 is 4.39 Å². The van der Waals surface area contributed by atoms with Crippen LogP contribution in [0.2, 0.25) is 0 Å². The van der Waals surface area contributed by atoms with Gasteiger partial charge in [0.25, 0.3) is 0 Å². The first-order valence-electron chi connectivity index (χ1n) is 7.09. The van der Waals surface area contributed by atoms with Crippen molar-refractivity contribution in [2.45, 2.75) is 26.9 Å². The quantitative estimate of drug-likeness (QED) is 0.887. The number of aryl methyl sites for hydroxylation is 1. The lowest BCUT2D eigenvalue weighted by Gasteiger charge is -2.19. The van der Waals surface area contributed by atoms with Gasteiger partial charge in [-0.2, -0.15) is 0 Å². The first kappa shape index (κ1) is 15.4. The number of nitrogens with zero attached hydrogens (tertiary/aromatic N) is 3. The predicted molar refractivity (Wildman–Crippen MR) is 82.7 cm³/mol. The van der Waals surface area contributed by atoms with Crippen LogP contribution in [0.1, 0.15) is 23.9 Å². The van der Waals surface area contributed by atoms with Gasteiger partial charge in [0.2, 0.25) is 0 Å². The number of aromatic nitrogens is 2. The van der Waals surface area contributed by atoms with E-state index >= 15 is 0 Å². The fraction of sp³-hybridized carbons (Fsp3) is 0.375. The molecule has 0 saturated heterocycles. The number of hydrogen-bond donors (Lipinski definition) is 1. The SMILES string of the molecule is CCNCc1ccnc(N(C)Cc2cccc(C)n2)c1F. The summed E-state index contributed by atoms with van der Waals surface area (Å²) in [6.07, 6.45) is 1.64. The molecule has 0 atom stereocenters. The predicted octanol–water partition coefficient (Wildman–Crippen LogP) is 2.67. The molecule has 0 spiro atoms. The Balaban J connectivity index is 2.17. The van der Waals surface area contributed by atoms with E-state index in [0.717, 1.165) is 17.9 Å². The third kappa shape index (κ3) is 3.98. The van der Waals surface area contributed by atoms with Gasteiger partial charge in [0.1, 0.15) is 0 Å². The minimum absolute atomic E-state index is 0.270. The molecule has 0 saturated carbocycles. The van der Waals surface area contributed by atoms with E-state index in [4.69, 9.17) is 0 Å². The Kier molecular flexibility index (Phi) is 5.22. The summed E-state index contributed by atoms with van der Waals surface area (Å²) in [5, 5.41) is 3.13. The second-order valence-electron chi connectivity index (χ2n) is 5.01. The fourth-order valence-electron chi connectivity index (χ4n) is 2.14. The first-order valence-corrected chi connectivity index (χ1v) is 7.09. The van der Waals surface area contributed by atoms with Crippen molar-refractivity contribution in [2.75, 3.05) is 18.5 Å². The maximum absolute atomic E-state index is 14.5. The lowest BCUT2D eigenvalue weighted by Crippen LogP contribution is -2.21. The van der Waals surface area contributed by atoms with Crippen LogP contribution >= 0.6 is 0 Å². The van der Waals surface area contributed by atoms with Crippen LogP contribution in [-0.4, -0.2) is 23.6 Å². The molecule has 0 aliphatic rings. The molecule has 0 aliphatic carbocycles. The molecule has 0 bridgehead atoms. The Bertz CT molecular complexity index is 601. The minimum Gasteiger partial charge on any atom is -0.351 e. The van der Waals surface area contributed by atoms with Crippen LogP contribution < -0.4 is 10.2 Å². The summed E-state index contributed by atoms with van der Waals surface area (Å²) in [7, 11) is 1.83. The lowest BCUT2D eigenvalue weighted by molar-refractivity contribution is 0.582. The van der Waals surface area contributed by atoms with Crippen LogP contribution in [-0.2, 0) is 13.1 Å². The van der Waals surface area contributed by atoms with Crippen molar-refractivity contribution in [3.05, 3.63) is 53.2 Å². The molecule has 0 unspecified atom stereocenters. The second kappa shape index (κ2) is 7.13. The summed E-state index contributed by atoms with van der Waals surface area (Å²) >= 11 is 0. The Morgan fingerprint density at radius 1 is 1.29 bits per heavy atom. The number of hydrogen-bond acceptors (Lipinski definition) is 4. The molecule has 2 rings (SSSR count). The second-order valence-corrected chi connectivity index (χ2v) is 5.01. The molecular weight excluding hydrogens is 267 g/mol. The topological polar surface area (TPSA) is 41.1 Å². The van der Waals surface area contributed by atoms with Gasteiger partial charge in [-0.05, 0) is 31.7 Å². The molecular formula is C16H21FN4. The highest BCUT2D eigenvalue weighted by Gasteiger charge is 2.13. The fourth-order valence-corrected chi connectivity index (χ4v) is 2.14. The van der Waals surface area contributed by atoms with Crippen LogP contribution in [0, 0.1) is 12.7 Å². The highest BCUT2D eigenvalue weighted by atomic mass is 19.1. The monoisotopic (exact) mass is 288 g/mol. The van der Waals surface area contributed by atoms with Gasteiger partial charge in [-0.25, -0.2) is 9.37 Å². The van der Waals surface area contributed by atoms with Crippen LogP contribution in [0.15, 0.2) is 30.5 Å². The van der Waals surface area contributed by atoms with Gasteiger partial charge in [0.05, 0.1) is 12.2 Å². The molecule has 5 heteroatoms. The minimum atomic E-state index is -0.270. The zero-order valence-corrected chi connectivity index (χ0v) is 12.7. The molecule has 4 nitrogen and oxygen atoms in total. The average molecular weight is 288 g/mol. The zero-order valence-electron chi connectivity index (χ0n) is 12.7. The first-order chi connectivity index (χ1) is 10.1. The largest absolute Gasteiger partial charge is 0.351 e. The van der Waals surface area contributed by atoms with Crippen molar-refractivity contribution in [2.24, 2.45) is 0 Å². The van der Waals surface area contributed by atoms with E-state index in [9.17, 15) is 4.39 Å². The Hall–Kier alpha value is -2.01. The van der Waals surface area contributed by atoms with E-state index in [1.165, 1.54) is 0 Å². The third-order valence-corrected chi connectivity index (χ3v) is 3.22. The van der Waals surface area contributed by atoms with E-state index in [2.05, 4.69) is 15.3 Å². The molecule has 0 aromatic carbocycles. The average Bonchev–Trinajstić information content (AvgIpc) is 2.46. The van der Waals surface area contributed by atoms with Gasteiger partial charge in [-0.1, -0.05) is 13.0 Å². The van der Waals surface area contributed by atoms with E-state index in [1.807, 2.05) is 39.1 Å². The van der Waals surface area contributed by atoms with Crippen molar-refractivity contribution in [3.63, 3.8) is 0 Å². The van der Waals surface area contributed by atoms with E-state index in [1.54, 1.807) is 17.2 Å². The van der Waals surface area contributed by atoms with Gasteiger partial charge in [-0.15, -0.1) is 0 Å². The highest BCUT2D eigenvalue weighted by molar-refractivity contribution is 5.42.